The van der Waals surface area contributed by atoms with E-state index in [1.807, 2.05) is 49.4 Å². The number of halogens is 1. The predicted octanol–water partition coefficient (Wildman–Crippen LogP) is 3.83. The molecular formula is C22H23BrN2O4. The summed E-state index contributed by atoms with van der Waals surface area (Å²) in [6.45, 7) is 2.22. The van der Waals surface area contributed by atoms with Crippen LogP contribution < -0.4 is 14.4 Å². The Morgan fingerprint density at radius 3 is 2.62 bits per heavy atom. The van der Waals surface area contributed by atoms with E-state index in [0.29, 0.717) is 28.2 Å². The molecule has 3 rings (SSSR count). The van der Waals surface area contributed by atoms with Crippen molar-refractivity contribution >= 4 is 45.1 Å². The molecule has 29 heavy (non-hydrogen) atoms. The van der Waals surface area contributed by atoms with Crippen molar-refractivity contribution in [1.29, 1.82) is 0 Å². The SMILES string of the molecule is CCOc1cc(/C=C2/C(=O)N(C)c3ccccc32)cc(Br)c1OCC(=O)N(C)C. The zero-order valence-electron chi connectivity index (χ0n) is 16.9. The summed E-state index contributed by atoms with van der Waals surface area (Å²) in [5.74, 6) is 0.755. The molecule has 1 aliphatic rings. The van der Waals surface area contributed by atoms with Gasteiger partial charge >= 0.3 is 0 Å². The van der Waals surface area contributed by atoms with Crippen LogP contribution in [0.3, 0.4) is 0 Å². The lowest BCUT2D eigenvalue weighted by molar-refractivity contribution is -0.130. The van der Waals surface area contributed by atoms with Crippen molar-refractivity contribution in [2.45, 2.75) is 6.92 Å². The zero-order chi connectivity index (χ0) is 21.1. The highest BCUT2D eigenvalue weighted by Gasteiger charge is 2.29. The third-order valence-electron chi connectivity index (χ3n) is 4.57. The monoisotopic (exact) mass is 458 g/mol. The third-order valence-corrected chi connectivity index (χ3v) is 5.16. The third kappa shape index (κ3) is 4.29. The van der Waals surface area contributed by atoms with Crippen LogP contribution in [-0.2, 0) is 9.59 Å². The highest BCUT2D eigenvalue weighted by atomic mass is 79.9. The Morgan fingerprint density at radius 2 is 1.93 bits per heavy atom. The van der Waals surface area contributed by atoms with Crippen LogP contribution in [0.2, 0.25) is 0 Å². The van der Waals surface area contributed by atoms with Crippen LogP contribution in [0.4, 0.5) is 5.69 Å². The minimum Gasteiger partial charge on any atom is -0.490 e. The standard InChI is InChI=1S/C22H23BrN2O4/c1-5-28-19-12-14(11-17(23)21(19)29-13-20(26)24(2)3)10-16-15-8-6-7-9-18(15)25(4)22(16)27/h6-12H,5,13H2,1-4H3/b16-10+. The first-order valence-corrected chi connectivity index (χ1v) is 10.0. The van der Waals surface area contributed by atoms with E-state index in [-0.39, 0.29) is 18.4 Å². The van der Waals surface area contributed by atoms with Gasteiger partial charge < -0.3 is 19.3 Å². The Bertz CT molecular complexity index is 985. The number of carbonyl (C=O) groups is 2. The topological polar surface area (TPSA) is 59.1 Å². The number of fused-ring (bicyclic) bond motifs is 1. The lowest BCUT2D eigenvalue weighted by Crippen LogP contribution is -2.27. The van der Waals surface area contributed by atoms with Crippen molar-refractivity contribution in [3.8, 4) is 11.5 Å². The van der Waals surface area contributed by atoms with E-state index in [1.54, 1.807) is 26.0 Å². The maximum absolute atomic E-state index is 12.7. The molecule has 1 aliphatic heterocycles. The molecule has 0 saturated heterocycles. The van der Waals surface area contributed by atoms with Gasteiger partial charge in [-0.3, -0.25) is 9.59 Å². The summed E-state index contributed by atoms with van der Waals surface area (Å²) in [6.07, 6.45) is 1.84. The van der Waals surface area contributed by atoms with Gasteiger partial charge in [-0.05, 0) is 52.7 Å². The van der Waals surface area contributed by atoms with Crippen LogP contribution >= 0.6 is 15.9 Å². The molecule has 0 aliphatic carbocycles. The molecule has 6 nitrogen and oxygen atoms in total. The second kappa shape index (κ2) is 8.69. The largest absolute Gasteiger partial charge is 0.490 e. The van der Waals surface area contributed by atoms with Crippen molar-refractivity contribution < 1.29 is 19.1 Å². The van der Waals surface area contributed by atoms with Crippen LogP contribution in [0.15, 0.2) is 40.9 Å². The average Bonchev–Trinajstić information content (AvgIpc) is 2.92. The number of rotatable bonds is 6. The van der Waals surface area contributed by atoms with Gasteiger partial charge in [0, 0.05) is 32.3 Å². The average molecular weight is 459 g/mol. The molecule has 2 amide bonds. The smallest absolute Gasteiger partial charge is 0.259 e. The van der Waals surface area contributed by atoms with Gasteiger partial charge in [-0.1, -0.05) is 18.2 Å². The summed E-state index contributed by atoms with van der Waals surface area (Å²) < 4.78 is 12.1. The van der Waals surface area contributed by atoms with Crippen molar-refractivity contribution in [1.82, 2.24) is 4.90 Å². The summed E-state index contributed by atoms with van der Waals surface area (Å²) in [5.41, 5.74) is 3.19. The van der Waals surface area contributed by atoms with Gasteiger partial charge in [-0.2, -0.15) is 0 Å². The molecule has 0 fully saturated rings. The first-order chi connectivity index (χ1) is 13.8. The van der Waals surface area contributed by atoms with Crippen molar-refractivity contribution in [3.05, 3.63) is 52.0 Å². The highest BCUT2D eigenvalue weighted by molar-refractivity contribution is 9.10. The van der Waals surface area contributed by atoms with Gasteiger partial charge in [0.1, 0.15) is 0 Å². The Balaban J connectivity index is 1.98. The lowest BCUT2D eigenvalue weighted by atomic mass is 10.0. The van der Waals surface area contributed by atoms with Gasteiger partial charge in [0.2, 0.25) is 0 Å². The van der Waals surface area contributed by atoms with Gasteiger partial charge in [0.05, 0.1) is 16.8 Å². The number of ether oxygens (including phenoxy) is 2. The number of benzene rings is 2. The van der Waals surface area contributed by atoms with Crippen LogP contribution in [0.25, 0.3) is 11.6 Å². The first kappa shape index (κ1) is 20.9. The number of carbonyl (C=O) groups excluding carboxylic acids is 2. The Labute approximate surface area is 178 Å². The Morgan fingerprint density at radius 1 is 1.21 bits per heavy atom. The number of hydrogen-bond donors (Lipinski definition) is 0. The number of para-hydroxylation sites is 1. The fourth-order valence-electron chi connectivity index (χ4n) is 3.04. The molecule has 0 N–H and O–H groups in total. The molecule has 2 aromatic rings. The highest BCUT2D eigenvalue weighted by Crippen LogP contribution is 2.40. The molecule has 2 aromatic carbocycles. The molecule has 0 spiro atoms. The van der Waals surface area contributed by atoms with E-state index in [2.05, 4.69) is 15.9 Å². The molecule has 0 aromatic heterocycles. The first-order valence-electron chi connectivity index (χ1n) is 9.22. The van der Waals surface area contributed by atoms with E-state index in [1.165, 1.54) is 4.90 Å². The van der Waals surface area contributed by atoms with Crippen LogP contribution in [0, 0.1) is 0 Å². The summed E-state index contributed by atoms with van der Waals surface area (Å²) in [4.78, 5) is 27.7. The minimum absolute atomic E-state index is 0.0582. The molecule has 0 unspecified atom stereocenters. The Kier molecular flexibility index (Phi) is 6.27. The number of hydrogen-bond acceptors (Lipinski definition) is 4. The van der Waals surface area contributed by atoms with Crippen LogP contribution in [-0.4, -0.2) is 51.1 Å². The van der Waals surface area contributed by atoms with Gasteiger partial charge in [0.15, 0.2) is 18.1 Å². The summed E-state index contributed by atoms with van der Waals surface area (Å²) in [7, 11) is 5.11. The fourth-order valence-corrected chi connectivity index (χ4v) is 3.62. The van der Waals surface area contributed by atoms with E-state index in [0.717, 1.165) is 16.8 Å². The fraction of sp³-hybridized carbons (Fsp3) is 0.273. The number of nitrogens with zero attached hydrogens (tertiary/aromatic N) is 2. The summed E-state index contributed by atoms with van der Waals surface area (Å²) in [6, 6.07) is 11.3. The molecule has 0 atom stereocenters. The Hall–Kier alpha value is -2.80. The maximum Gasteiger partial charge on any atom is 0.259 e. The summed E-state index contributed by atoms with van der Waals surface area (Å²) >= 11 is 3.51. The molecular weight excluding hydrogens is 436 g/mol. The molecule has 0 bridgehead atoms. The van der Waals surface area contributed by atoms with Crippen LogP contribution in [0.5, 0.6) is 11.5 Å². The zero-order valence-corrected chi connectivity index (χ0v) is 18.4. The number of amides is 2. The molecule has 7 heteroatoms. The number of likely N-dealkylation sites (N-methyl/N-ethyl adjacent to an activating group) is 2. The van der Waals surface area contributed by atoms with Crippen LogP contribution in [0.1, 0.15) is 18.1 Å². The number of anilines is 1. The van der Waals surface area contributed by atoms with E-state index in [9.17, 15) is 9.59 Å². The normalized spacial score (nSPS) is 14.2. The van der Waals surface area contributed by atoms with Gasteiger partial charge in [-0.15, -0.1) is 0 Å². The summed E-state index contributed by atoms with van der Waals surface area (Å²) in [5, 5.41) is 0. The van der Waals surface area contributed by atoms with Crippen molar-refractivity contribution in [2.75, 3.05) is 39.3 Å². The molecule has 152 valence electrons. The van der Waals surface area contributed by atoms with E-state index in [4.69, 9.17) is 9.47 Å². The quantitative estimate of drug-likeness (QED) is 0.617. The van der Waals surface area contributed by atoms with Crippen molar-refractivity contribution in [3.63, 3.8) is 0 Å². The predicted molar refractivity (Wildman–Crippen MR) is 117 cm³/mol. The lowest BCUT2D eigenvalue weighted by Gasteiger charge is -2.16. The second-order valence-electron chi connectivity index (χ2n) is 6.78. The van der Waals surface area contributed by atoms with Crippen molar-refractivity contribution in [2.24, 2.45) is 0 Å². The maximum atomic E-state index is 12.7. The molecule has 1 heterocycles. The van der Waals surface area contributed by atoms with Gasteiger partial charge in [0.25, 0.3) is 11.8 Å². The van der Waals surface area contributed by atoms with E-state index < -0.39 is 0 Å². The minimum atomic E-state index is -0.151. The second-order valence-corrected chi connectivity index (χ2v) is 7.63. The van der Waals surface area contributed by atoms with E-state index >= 15 is 0 Å². The molecule has 0 saturated carbocycles. The molecule has 0 radical (unpaired) electrons. The van der Waals surface area contributed by atoms with Gasteiger partial charge in [-0.25, -0.2) is 0 Å².